The van der Waals surface area contributed by atoms with E-state index in [-0.39, 0.29) is 12.2 Å². The summed E-state index contributed by atoms with van der Waals surface area (Å²) < 4.78 is 38.3. The van der Waals surface area contributed by atoms with Gasteiger partial charge in [-0.1, -0.05) is 6.07 Å². The van der Waals surface area contributed by atoms with Gasteiger partial charge in [0, 0.05) is 69.0 Å². The van der Waals surface area contributed by atoms with E-state index >= 15 is 0 Å². The molecule has 2 N–H and O–H groups in total. The van der Waals surface area contributed by atoms with Gasteiger partial charge in [-0.05, 0) is 26.3 Å². The summed E-state index contributed by atoms with van der Waals surface area (Å²) in [6.45, 7) is 8.54. The number of phenolic OH excluding ortho intramolecular Hbond substituents is 1. The second kappa shape index (κ2) is 8.76. The highest BCUT2D eigenvalue weighted by molar-refractivity contribution is 5.54. The lowest BCUT2D eigenvalue weighted by Crippen LogP contribution is -2.45. The molecule has 0 spiro atoms. The number of aromatic hydroxyl groups is 1. The Kier molecular flexibility index (Phi) is 6.95. The molecule has 1 fully saturated rings. The summed E-state index contributed by atoms with van der Waals surface area (Å²) >= 11 is 0. The van der Waals surface area contributed by atoms with Gasteiger partial charge in [0.05, 0.1) is 0 Å². The second-order valence-electron chi connectivity index (χ2n) is 6.37. The monoisotopic (exact) mass is 359 g/mol. The summed E-state index contributed by atoms with van der Waals surface area (Å²) in [7, 11) is 0. The van der Waals surface area contributed by atoms with Gasteiger partial charge in [-0.2, -0.15) is 13.2 Å². The van der Waals surface area contributed by atoms with E-state index in [0.29, 0.717) is 18.7 Å². The van der Waals surface area contributed by atoms with Crippen molar-refractivity contribution >= 4 is 5.69 Å². The van der Waals surface area contributed by atoms with E-state index in [1.54, 1.807) is 12.1 Å². The maximum absolute atomic E-state index is 12.8. The average molecular weight is 359 g/mol. The van der Waals surface area contributed by atoms with Gasteiger partial charge >= 0.3 is 6.18 Å². The molecule has 1 atom stereocenters. The van der Waals surface area contributed by atoms with Crippen LogP contribution < -0.4 is 10.2 Å². The molecule has 0 aliphatic carbocycles. The summed E-state index contributed by atoms with van der Waals surface area (Å²) in [6.07, 6.45) is -5.08. The molecular weight excluding hydrogens is 331 g/mol. The molecular formula is C18H28F3N3O. The van der Waals surface area contributed by atoms with Crippen LogP contribution in [-0.4, -0.2) is 55.5 Å². The highest BCUT2D eigenvalue weighted by Crippen LogP contribution is 2.37. The van der Waals surface area contributed by atoms with Gasteiger partial charge in [0.15, 0.2) is 0 Å². The standard InChI is InChI=1S/C18H28F3N3O/c1-3-23(4-2)14-5-6-15(17(25)13-14)16(7-8-18(19,20)21)24-11-9-22-10-12-24/h5-6,13,16,22,25H,3-4,7-12H2,1-2H3/t16-/m0/s1. The predicted octanol–water partition coefficient (Wildman–Crippen LogP) is 3.53. The minimum atomic E-state index is -4.19. The number of hydrogen-bond acceptors (Lipinski definition) is 4. The molecule has 1 aliphatic heterocycles. The smallest absolute Gasteiger partial charge is 0.389 e. The summed E-state index contributed by atoms with van der Waals surface area (Å²) in [5, 5.41) is 13.7. The Morgan fingerprint density at radius 2 is 1.84 bits per heavy atom. The zero-order valence-corrected chi connectivity index (χ0v) is 14.9. The Labute approximate surface area is 147 Å². The van der Waals surface area contributed by atoms with E-state index in [9.17, 15) is 18.3 Å². The van der Waals surface area contributed by atoms with Crippen LogP contribution in [0.4, 0.5) is 18.9 Å². The third-order valence-electron chi connectivity index (χ3n) is 4.80. The van der Waals surface area contributed by atoms with Gasteiger partial charge in [0.1, 0.15) is 5.75 Å². The molecule has 1 aliphatic rings. The number of benzene rings is 1. The number of halogens is 3. The molecule has 0 unspecified atom stereocenters. The van der Waals surface area contributed by atoms with E-state index in [4.69, 9.17) is 0 Å². The lowest BCUT2D eigenvalue weighted by molar-refractivity contribution is -0.138. The number of alkyl halides is 3. The van der Waals surface area contributed by atoms with Crippen molar-refractivity contribution in [3.63, 3.8) is 0 Å². The van der Waals surface area contributed by atoms with Crippen molar-refractivity contribution < 1.29 is 18.3 Å². The third kappa shape index (κ3) is 5.51. The highest BCUT2D eigenvalue weighted by Gasteiger charge is 2.32. The van der Waals surface area contributed by atoms with Crippen molar-refractivity contribution in [2.24, 2.45) is 0 Å². The Morgan fingerprint density at radius 1 is 1.20 bits per heavy atom. The molecule has 1 heterocycles. The van der Waals surface area contributed by atoms with Crippen LogP contribution >= 0.6 is 0 Å². The quantitative estimate of drug-likeness (QED) is 0.781. The summed E-state index contributed by atoms with van der Waals surface area (Å²) in [6, 6.07) is 4.93. The fourth-order valence-corrected chi connectivity index (χ4v) is 3.43. The van der Waals surface area contributed by atoms with Gasteiger partial charge in [0.2, 0.25) is 0 Å². The van der Waals surface area contributed by atoms with Crippen molar-refractivity contribution in [2.75, 3.05) is 44.2 Å². The summed E-state index contributed by atoms with van der Waals surface area (Å²) in [4.78, 5) is 4.13. The fraction of sp³-hybridized carbons (Fsp3) is 0.667. The SMILES string of the molecule is CCN(CC)c1ccc([C@H](CCC(F)(F)F)N2CCNCC2)c(O)c1. The molecule has 25 heavy (non-hydrogen) atoms. The molecule has 0 aromatic heterocycles. The molecule has 2 rings (SSSR count). The number of anilines is 1. The highest BCUT2D eigenvalue weighted by atomic mass is 19.4. The molecule has 0 radical (unpaired) electrons. The minimum Gasteiger partial charge on any atom is -0.508 e. The first-order valence-corrected chi connectivity index (χ1v) is 8.95. The van der Waals surface area contributed by atoms with Gasteiger partial charge in [-0.15, -0.1) is 0 Å². The van der Waals surface area contributed by atoms with Crippen molar-refractivity contribution in [3.8, 4) is 5.75 Å². The van der Waals surface area contributed by atoms with E-state index < -0.39 is 18.6 Å². The van der Waals surface area contributed by atoms with Crippen LogP contribution in [0, 0.1) is 0 Å². The zero-order chi connectivity index (χ0) is 18.4. The summed E-state index contributed by atoms with van der Waals surface area (Å²) in [5.74, 6) is 0.0788. The van der Waals surface area contributed by atoms with E-state index in [0.717, 1.165) is 31.9 Å². The topological polar surface area (TPSA) is 38.7 Å². The third-order valence-corrected chi connectivity index (χ3v) is 4.80. The van der Waals surface area contributed by atoms with Crippen molar-refractivity contribution in [1.29, 1.82) is 0 Å². The van der Waals surface area contributed by atoms with Crippen LogP contribution in [0.1, 0.15) is 38.3 Å². The fourth-order valence-electron chi connectivity index (χ4n) is 3.43. The zero-order valence-electron chi connectivity index (χ0n) is 14.9. The largest absolute Gasteiger partial charge is 0.508 e. The van der Waals surface area contributed by atoms with Crippen LogP contribution in [0.5, 0.6) is 5.75 Å². The molecule has 4 nitrogen and oxygen atoms in total. The molecule has 0 saturated carbocycles. The van der Waals surface area contributed by atoms with Gasteiger partial charge < -0.3 is 15.3 Å². The van der Waals surface area contributed by atoms with E-state index in [1.807, 2.05) is 24.8 Å². The molecule has 142 valence electrons. The van der Waals surface area contributed by atoms with Crippen LogP contribution in [0.3, 0.4) is 0 Å². The normalized spacial score (nSPS) is 17.5. The second-order valence-corrected chi connectivity index (χ2v) is 6.37. The molecule has 0 bridgehead atoms. The Morgan fingerprint density at radius 3 is 2.36 bits per heavy atom. The number of phenols is 1. The number of nitrogens with zero attached hydrogens (tertiary/aromatic N) is 2. The molecule has 0 amide bonds. The van der Waals surface area contributed by atoms with E-state index in [1.165, 1.54) is 0 Å². The predicted molar refractivity (Wildman–Crippen MR) is 94.1 cm³/mol. The van der Waals surface area contributed by atoms with Crippen molar-refractivity contribution in [1.82, 2.24) is 10.2 Å². The number of rotatable bonds is 7. The molecule has 1 aromatic rings. The lowest BCUT2D eigenvalue weighted by atomic mass is 9.97. The number of hydrogen-bond donors (Lipinski definition) is 2. The van der Waals surface area contributed by atoms with E-state index in [2.05, 4.69) is 10.2 Å². The van der Waals surface area contributed by atoms with Gasteiger partial charge in [-0.25, -0.2) is 0 Å². The van der Waals surface area contributed by atoms with Gasteiger partial charge in [-0.3, -0.25) is 4.90 Å². The Balaban J connectivity index is 2.25. The van der Waals surface area contributed by atoms with Crippen LogP contribution in [-0.2, 0) is 0 Å². The van der Waals surface area contributed by atoms with Crippen LogP contribution in [0.2, 0.25) is 0 Å². The first kappa shape index (κ1) is 19.8. The number of nitrogens with one attached hydrogen (secondary N) is 1. The maximum atomic E-state index is 12.8. The Bertz CT molecular complexity index is 541. The molecule has 1 aromatic carbocycles. The first-order valence-electron chi connectivity index (χ1n) is 8.95. The first-order chi connectivity index (χ1) is 11.9. The Hall–Kier alpha value is -1.47. The van der Waals surface area contributed by atoms with Crippen molar-refractivity contribution in [2.45, 2.75) is 38.9 Å². The minimum absolute atomic E-state index is 0.0400. The summed E-state index contributed by atoms with van der Waals surface area (Å²) in [5.41, 5.74) is 1.48. The van der Waals surface area contributed by atoms with Crippen LogP contribution in [0.25, 0.3) is 0 Å². The lowest BCUT2D eigenvalue weighted by Gasteiger charge is -2.36. The average Bonchev–Trinajstić information content (AvgIpc) is 2.58. The number of piperazine rings is 1. The van der Waals surface area contributed by atoms with Gasteiger partial charge in [0.25, 0.3) is 0 Å². The molecule has 1 saturated heterocycles. The van der Waals surface area contributed by atoms with Crippen LogP contribution in [0.15, 0.2) is 18.2 Å². The van der Waals surface area contributed by atoms with Crippen molar-refractivity contribution in [3.05, 3.63) is 23.8 Å². The molecule has 7 heteroatoms. The maximum Gasteiger partial charge on any atom is 0.389 e.